The number of furan rings is 2. The van der Waals surface area contributed by atoms with Gasteiger partial charge in [0.2, 0.25) is 0 Å². The molecule has 0 unspecified atom stereocenters. The van der Waals surface area contributed by atoms with E-state index in [4.69, 9.17) is 23.8 Å². The fourth-order valence-corrected chi connectivity index (χ4v) is 10.4. The van der Waals surface area contributed by atoms with Gasteiger partial charge in [-0.15, -0.1) is 0 Å². The van der Waals surface area contributed by atoms with E-state index in [9.17, 15) is 0 Å². The zero-order valence-electron chi connectivity index (χ0n) is 37.7. The second kappa shape index (κ2) is 16.1. The van der Waals surface area contributed by atoms with E-state index >= 15 is 0 Å². The Morgan fingerprint density at radius 1 is 0.286 bits per heavy atom. The molecule has 4 heterocycles. The van der Waals surface area contributed by atoms with Crippen molar-refractivity contribution in [2.45, 2.75) is 0 Å². The molecule has 14 aromatic rings. The molecule has 14 rings (SSSR count). The van der Waals surface area contributed by atoms with Crippen LogP contribution in [0.3, 0.4) is 0 Å². The van der Waals surface area contributed by atoms with Crippen LogP contribution in [0.1, 0.15) is 0 Å². The molecular weight excluding hydrogens is 855 g/mol. The van der Waals surface area contributed by atoms with Crippen LogP contribution in [0.4, 0.5) is 0 Å². The number of nitrogens with zero attached hydrogens (tertiary/aromatic N) is 3. The molecule has 0 amide bonds. The zero-order valence-corrected chi connectivity index (χ0v) is 37.7. The Morgan fingerprint density at radius 3 is 1.66 bits per heavy atom. The summed E-state index contributed by atoms with van der Waals surface area (Å²) in [6.07, 6.45) is 0. The van der Waals surface area contributed by atoms with Gasteiger partial charge in [0.05, 0.1) is 22.6 Å². The minimum Gasteiger partial charge on any atom is -0.456 e. The lowest BCUT2D eigenvalue weighted by Crippen LogP contribution is -1.96. The van der Waals surface area contributed by atoms with Crippen LogP contribution >= 0.6 is 0 Å². The van der Waals surface area contributed by atoms with Gasteiger partial charge in [-0.2, -0.15) is 0 Å². The predicted octanol–water partition coefficient (Wildman–Crippen LogP) is 17.6. The molecular formula is C65H39N3O2. The van der Waals surface area contributed by atoms with Gasteiger partial charge < -0.3 is 8.83 Å². The molecule has 0 saturated carbocycles. The number of fused-ring (bicyclic) bond motifs is 9. The summed E-state index contributed by atoms with van der Waals surface area (Å²) in [5.74, 6) is 0.649. The fourth-order valence-electron chi connectivity index (χ4n) is 10.4. The monoisotopic (exact) mass is 893 g/mol. The molecule has 4 aromatic heterocycles. The van der Waals surface area contributed by atoms with E-state index in [-0.39, 0.29) is 0 Å². The van der Waals surface area contributed by atoms with Crippen LogP contribution in [0.5, 0.6) is 0 Å². The second-order valence-electron chi connectivity index (χ2n) is 17.8. The van der Waals surface area contributed by atoms with Gasteiger partial charge >= 0.3 is 0 Å². The van der Waals surface area contributed by atoms with Crippen molar-refractivity contribution in [3.8, 4) is 78.5 Å². The number of pyridine rings is 1. The molecule has 0 aliphatic heterocycles. The Labute approximate surface area is 402 Å². The number of aromatic nitrogens is 3. The molecule has 0 saturated heterocycles. The molecule has 10 aromatic carbocycles. The van der Waals surface area contributed by atoms with Gasteiger partial charge in [-0.1, -0.05) is 194 Å². The van der Waals surface area contributed by atoms with E-state index in [0.29, 0.717) is 5.82 Å². The van der Waals surface area contributed by atoms with E-state index in [1.807, 2.05) is 30.3 Å². The standard InChI is InChI=1S/C65H39N3O2/c1-3-16-41(17-4-1)55-39-56(68-65(67-55)47-23-14-21-45(37-47)48-27-15-28-50-49-24-8-11-30-57(49)70-64(48)50)46-22-13-20-44(36-46)40-32-34-42(35-33-40)60-61-51-25-7-10-29-54(51)66-63(43-18-5-2-6-19-43)53(61)38-59-62(60)52-26-9-12-31-58(52)69-59/h1-39H. The maximum atomic E-state index is 6.66. The Balaban J connectivity index is 0.892. The average molecular weight is 894 g/mol. The van der Waals surface area contributed by atoms with E-state index < -0.39 is 0 Å². The van der Waals surface area contributed by atoms with Crippen molar-refractivity contribution >= 4 is 65.6 Å². The first-order chi connectivity index (χ1) is 34.7. The highest BCUT2D eigenvalue weighted by atomic mass is 16.3. The first-order valence-electron chi connectivity index (χ1n) is 23.6. The Bertz CT molecular complexity index is 4340. The van der Waals surface area contributed by atoms with E-state index in [2.05, 4.69) is 206 Å². The molecule has 326 valence electrons. The molecule has 0 spiro atoms. The first-order valence-corrected chi connectivity index (χ1v) is 23.6. The number of hydrogen-bond acceptors (Lipinski definition) is 5. The van der Waals surface area contributed by atoms with Crippen LogP contribution in [0, 0.1) is 0 Å². The third-order valence-corrected chi connectivity index (χ3v) is 13.7. The van der Waals surface area contributed by atoms with E-state index in [1.165, 1.54) is 0 Å². The topological polar surface area (TPSA) is 65.0 Å². The van der Waals surface area contributed by atoms with Gasteiger partial charge in [0.1, 0.15) is 22.3 Å². The lowest BCUT2D eigenvalue weighted by Gasteiger charge is -2.16. The summed E-state index contributed by atoms with van der Waals surface area (Å²) >= 11 is 0. The zero-order chi connectivity index (χ0) is 46.1. The maximum absolute atomic E-state index is 6.66. The van der Waals surface area contributed by atoms with Crippen molar-refractivity contribution in [2.75, 3.05) is 0 Å². The molecule has 5 nitrogen and oxygen atoms in total. The van der Waals surface area contributed by atoms with Crippen molar-refractivity contribution in [1.82, 2.24) is 15.0 Å². The lowest BCUT2D eigenvalue weighted by atomic mass is 9.89. The first kappa shape index (κ1) is 39.7. The number of rotatable bonds is 7. The molecule has 70 heavy (non-hydrogen) atoms. The van der Waals surface area contributed by atoms with Gasteiger partial charge in [-0.25, -0.2) is 15.0 Å². The third-order valence-electron chi connectivity index (χ3n) is 13.7. The second-order valence-corrected chi connectivity index (χ2v) is 17.8. The normalized spacial score (nSPS) is 11.7. The van der Waals surface area contributed by atoms with Crippen molar-refractivity contribution in [3.63, 3.8) is 0 Å². The number of benzene rings is 10. The Morgan fingerprint density at radius 2 is 0.857 bits per heavy atom. The summed E-state index contributed by atoms with van der Waals surface area (Å²) in [5, 5.41) is 7.70. The third kappa shape index (κ3) is 6.59. The Hall–Kier alpha value is -9.45. The maximum Gasteiger partial charge on any atom is 0.160 e. The van der Waals surface area contributed by atoms with Crippen LogP contribution in [0.15, 0.2) is 245 Å². The molecule has 0 fully saturated rings. The molecule has 0 atom stereocenters. The van der Waals surface area contributed by atoms with Gasteiger partial charge in [0.25, 0.3) is 0 Å². The summed E-state index contributed by atoms with van der Waals surface area (Å²) in [6, 6.07) is 82.6. The molecule has 5 heteroatoms. The lowest BCUT2D eigenvalue weighted by molar-refractivity contribution is 0.669. The summed E-state index contributed by atoms with van der Waals surface area (Å²) in [6.45, 7) is 0. The quantitative estimate of drug-likeness (QED) is 0.149. The largest absolute Gasteiger partial charge is 0.456 e. The summed E-state index contributed by atoms with van der Waals surface area (Å²) in [7, 11) is 0. The molecule has 0 radical (unpaired) electrons. The van der Waals surface area contributed by atoms with Crippen LogP contribution in [-0.2, 0) is 0 Å². The van der Waals surface area contributed by atoms with E-state index in [1.54, 1.807) is 0 Å². The molecule has 0 aliphatic rings. The highest BCUT2D eigenvalue weighted by molar-refractivity contribution is 6.27. The van der Waals surface area contributed by atoms with Gasteiger partial charge in [-0.3, -0.25) is 0 Å². The number of hydrogen-bond donors (Lipinski definition) is 0. The van der Waals surface area contributed by atoms with Crippen molar-refractivity contribution in [1.29, 1.82) is 0 Å². The predicted molar refractivity (Wildman–Crippen MR) is 287 cm³/mol. The van der Waals surface area contributed by atoms with Crippen LogP contribution in [-0.4, -0.2) is 15.0 Å². The van der Waals surface area contributed by atoms with Gasteiger partial charge in [0.15, 0.2) is 5.82 Å². The number of para-hydroxylation sites is 4. The minimum atomic E-state index is 0.649. The van der Waals surface area contributed by atoms with Crippen molar-refractivity contribution in [3.05, 3.63) is 237 Å². The summed E-state index contributed by atoms with van der Waals surface area (Å²) in [5.41, 5.74) is 17.5. The molecule has 0 aliphatic carbocycles. The average Bonchev–Trinajstić information content (AvgIpc) is 4.01. The highest BCUT2D eigenvalue weighted by Gasteiger charge is 2.22. The molecule has 0 N–H and O–H groups in total. The Kier molecular flexibility index (Phi) is 9.14. The van der Waals surface area contributed by atoms with Crippen LogP contribution < -0.4 is 0 Å². The minimum absolute atomic E-state index is 0.649. The highest BCUT2D eigenvalue weighted by Crippen LogP contribution is 2.47. The van der Waals surface area contributed by atoms with Crippen molar-refractivity contribution in [2.24, 2.45) is 0 Å². The van der Waals surface area contributed by atoms with E-state index in [0.717, 1.165) is 138 Å². The van der Waals surface area contributed by atoms with Crippen molar-refractivity contribution < 1.29 is 8.83 Å². The van der Waals surface area contributed by atoms with Gasteiger partial charge in [0, 0.05) is 71.1 Å². The van der Waals surface area contributed by atoms with Crippen LogP contribution in [0.25, 0.3) is 144 Å². The fraction of sp³-hybridized carbons (Fsp3) is 0. The SMILES string of the molecule is c1ccc(-c2cc(-c3cccc(-c4ccc(-c5c6c(cc7c(-c8ccccc8)nc8ccccc8c57)oc5ccccc56)cc4)c3)nc(-c3cccc(-c4cccc5c4oc4ccccc45)c3)n2)cc1. The van der Waals surface area contributed by atoms with Gasteiger partial charge in [-0.05, 0) is 64.7 Å². The smallest absolute Gasteiger partial charge is 0.160 e. The molecule has 0 bridgehead atoms. The summed E-state index contributed by atoms with van der Waals surface area (Å²) < 4.78 is 13.1. The summed E-state index contributed by atoms with van der Waals surface area (Å²) in [4.78, 5) is 15.8. The van der Waals surface area contributed by atoms with Crippen LogP contribution in [0.2, 0.25) is 0 Å².